The summed E-state index contributed by atoms with van der Waals surface area (Å²) in [5.74, 6) is 0. The van der Waals surface area contributed by atoms with Crippen LogP contribution in [0.15, 0.2) is 0 Å². The highest BCUT2D eigenvalue weighted by Gasteiger charge is 2.35. The number of carbonyl (C=O) groups is 1. The zero-order valence-electron chi connectivity index (χ0n) is 10.7. The molecule has 2 fully saturated rings. The smallest absolute Gasteiger partial charge is 0.129 e. The lowest BCUT2D eigenvalue weighted by Gasteiger charge is -2.40. The first-order chi connectivity index (χ1) is 8.28. The number of ether oxygens (including phenoxy) is 2. The zero-order chi connectivity index (χ0) is 12.1. The van der Waals surface area contributed by atoms with E-state index in [0.29, 0.717) is 12.7 Å². The van der Waals surface area contributed by atoms with Crippen molar-refractivity contribution in [3.63, 3.8) is 0 Å². The summed E-state index contributed by atoms with van der Waals surface area (Å²) in [4.78, 5) is 13.7. The van der Waals surface area contributed by atoms with Crippen LogP contribution in [0.2, 0.25) is 0 Å². The molecular formula is C13H23NO3. The molecule has 2 heterocycles. The lowest BCUT2D eigenvalue weighted by Crippen LogP contribution is -2.50. The quantitative estimate of drug-likeness (QED) is 0.691. The summed E-state index contributed by atoms with van der Waals surface area (Å²) in [6.07, 6.45) is 4.45. The van der Waals surface area contributed by atoms with Gasteiger partial charge in [-0.2, -0.15) is 0 Å². The SMILES string of the molecule is CCC1CN(CC2(C=O)CCCOC2)CCO1. The monoisotopic (exact) mass is 241 g/mol. The van der Waals surface area contributed by atoms with Crippen LogP contribution >= 0.6 is 0 Å². The second-order valence-corrected chi connectivity index (χ2v) is 5.27. The molecule has 0 aromatic rings. The summed E-state index contributed by atoms with van der Waals surface area (Å²) in [6.45, 7) is 7.04. The summed E-state index contributed by atoms with van der Waals surface area (Å²) >= 11 is 0. The third-order valence-electron chi connectivity index (χ3n) is 3.82. The first-order valence-corrected chi connectivity index (χ1v) is 6.66. The normalized spacial score (nSPS) is 35.7. The minimum Gasteiger partial charge on any atom is -0.380 e. The van der Waals surface area contributed by atoms with Gasteiger partial charge in [0, 0.05) is 26.2 Å². The van der Waals surface area contributed by atoms with E-state index in [1.54, 1.807) is 0 Å². The third-order valence-corrected chi connectivity index (χ3v) is 3.82. The summed E-state index contributed by atoms with van der Waals surface area (Å²) in [5, 5.41) is 0. The zero-order valence-corrected chi connectivity index (χ0v) is 10.7. The minimum atomic E-state index is -0.270. The number of aldehydes is 1. The Hall–Kier alpha value is -0.450. The fourth-order valence-electron chi connectivity index (χ4n) is 2.75. The van der Waals surface area contributed by atoms with E-state index in [-0.39, 0.29) is 5.41 Å². The molecular weight excluding hydrogens is 218 g/mol. The van der Waals surface area contributed by atoms with Gasteiger partial charge in [-0.25, -0.2) is 0 Å². The van der Waals surface area contributed by atoms with Gasteiger partial charge in [-0.1, -0.05) is 6.92 Å². The number of hydrogen-bond donors (Lipinski definition) is 0. The molecule has 2 aliphatic rings. The summed E-state index contributed by atoms with van der Waals surface area (Å²) in [5.41, 5.74) is -0.270. The summed E-state index contributed by atoms with van der Waals surface area (Å²) in [7, 11) is 0. The standard InChI is InChI=1S/C13H23NO3/c1-2-12-8-14(5-7-17-12)9-13(10-15)4-3-6-16-11-13/h10,12H,2-9,11H2,1H3. The van der Waals surface area contributed by atoms with Gasteiger partial charge < -0.3 is 14.3 Å². The lowest BCUT2D eigenvalue weighted by atomic mass is 9.83. The van der Waals surface area contributed by atoms with Crippen LogP contribution in [-0.2, 0) is 14.3 Å². The highest BCUT2D eigenvalue weighted by atomic mass is 16.5. The van der Waals surface area contributed by atoms with Gasteiger partial charge >= 0.3 is 0 Å². The van der Waals surface area contributed by atoms with Gasteiger partial charge in [0.05, 0.1) is 24.7 Å². The van der Waals surface area contributed by atoms with Gasteiger partial charge in [-0.15, -0.1) is 0 Å². The van der Waals surface area contributed by atoms with E-state index in [1.165, 1.54) is 0 Å². The highest BCUT2D eigenvalue weighted by molar-refractivity contribution is 5.60. The third kappa shape index (κ3) is 3.27. The Bertz CT molecular complexity index is 251. The van der Waals surface area contributed by atoms with E-state index in [4.69, 9.17) is 9.47 Å². The fraction of sp³-hybridized carbons (Fsp3) is 0.923. The number of morpholine rings is 1. The summed E-state index contributed by atoms with van der Waals surface area (Å²) in [6, 6.07) is 0. The van der Waals surface area contributed by atoms with Crippen LogP contribution in [0.25, 0.3) is 0 Å². The predicted octanol–water partition coefficient (Wildman–Crippen LogP) is 1.09. The largest absolute Gasteiger partial charge is 0.380 e. The molecule has 2 atom stereocenters. The molecule has 0 aromatic carbocycles. The molecule has 0 radical (unpaired) electrons. The molecule has 0 saturated carbocycles. The van der Waals surface area contributed by atoms with E-state index >= 15 is 0 Å². The second-order valence-electron chi connectivity index (χ2n) is 5.27. The van der Waals surface area contributed by atoms with Crippen molar-refractivity contribution in [3.8, 4) is 0 Å². The minimum absolute atomic E-state index is 0.270. The van der Waals surface area contributed by atoms with Gasteiger partial charge in [0.15, 0.2) is 0 Å². The van der Waals surface area contributed by atoms with E-state index in [1.807, 2.05) is 0 Å². The van der Waals surface area contributed by atoms with Crippen LogP contribution in [-0.4, -0.2) is 56.7 Å². The first kappa shape index (κ1) is 13.0. The average Bonchev–Trinajstić information content (AvgIpc) is 2.40. The number of nitrogens with zero attached hydrogens (tertiary/aromatic N) is 1. The van der Waals surface area contributed by atoms with Gasteiger partial charge in [0.1, 0.15) is 6.29 Å². The molecule has 2 unspecified atom stereocenters. The number of carbonyl (C=O) groups excluding carboxylic acids is 1. The van der Waals surface area contributed by atoms with E-state index < -0.39 is 0 Å². The molecule has 0 bridgehead atoms. The van der Waals surface area contributed by atoms with Crippen LogP contribution < -0.4 is 0 Å². The Morgan fingerprint density at radius 2 is 2.35 bits per heavy atom. The maximum Gasteiger partial charge on any atom is 0.129 e. The highest BCUT2D eigenvalue weighted by Crippen LogP contribution is 2.28. The van der Waals surface area contributed by atoms with Crippen LogP contribution in [0.5, 0.6) is 0 Å². The van der Waals surface area contributed by atoms with Crippen LogP contribution in [0.1, 0.15) is 26.2 Å². The molecule has 2 saturated heterocycles. The van der Waals surface area contributed by atoms with Crippen molar-refractivity contribution in [1.82, 2.24) is 4.90 Å². The molecule has 2 aliphatic heterocycles. The molecule has 0 aliphatic carbocycles. The average molecular weight is 241 g/mol. The van der Waals surface area contributed by atoms with Gasteiger partial charge in [0.25, 0.3) is 0 Å². The van der Waals surface area contributed by atoms with Gasteiger partial charge in [-0.3, -0.25) is 4.90 Å². The maximum absolute atomic E-state index is 11.4. The van der Waals surface area contributed by atoms with E-state index in [2.05, 4.69) is 11.8 Å². The first-order valence-electron chi connectivity index (χ1n) is 6.66. The fourth-order valence-corrected chi connectivity index (χ4v) is 2.75. The van der Waals surface area contributed by atoms with Crippen molar-refractivity contribution in [2.24, 2.45) is 5.41 Å². The van der Waals surface area contributed by atoms with Crippen molar-refractivity contribution < 1.29 is 14.3 Å². The molecule has 0 N–H and O–H groups in total. The Balaban J connectivity index is 1.91. The van der Waals surface area contributed by atoms with Gasteiger partial charge in [-0.05, 0) is 19.3 Å². The number of hydrogen-bond acceptors (Lipinski definition) is 4. The lowest BCUT2D eigenvalue weighted by molar-refractivity contribution is -0.128. The van der Waals surface area contributed by atoms with Gasteiger partial charge in [0.2, 0.25) is 0 Å². The molecule has 0 aromatic heterocycles. The second kappa shape index (κ2) is 5.94. The van der Waals surface area contributed by atoms with Crippen LogP contribution in [0.4, 0.5) is 0 Å². The molecule has 0 amide bonds. The molecule has 4 heteroatoms. The Morgan fingerprint density at radius 3 is 3.00 bits per heavy atom. The maximum atomic E-state index is 11.4. The van der Waals surface area contributed by atoms with Crippen molar-refractivity contribution in [2.75, 3.05) is 39.5 Å². The molecule has 98 valence electrons. The molecule has 4 nitrogen and oxygen atoms in total. The van der Waals surface area contributed by atoms with Crippen molar-refractivity contribution in [2.45, 2.75) is 32.3 Å². The van der Waals surface area contributed by atoms with Crippen molar-refractivity contribution >= 4 is 6.29 Å². The van der Waals surface area contributed by atoms with E-state index in [0.717, 1.165) is 58.4 Å². The Kier molecular flexibility index (Phi) is 4.54. The molecule has 2 rings (SSSR count). The van der Waals surface area contributed by atoms with Crippen molar-refractivity contribution in [3.05, 3.63) is 0 Å². The predicted molar refractivity (Wildman–Crippen MR) is 65.0 cm³/mol. The Morgan fingerprint density at radius 1 is 1.47 bits per heavy atom. The van der Waals surface area contributed by atoms with Crippen molar-refractivity contribution in [1.29, 1.82) is 0 Å². The molecule has 17 heavy (non-hydrogen) atoms. The van der Waals surface area contributed by atoms with Crippen LogP contribution in [0.3, 0.4) is 0 Å². The number of rotatable bonds is 4. The Labute approximate surface area is 103 Å². The summed E-state index contributed by atoms with van der Waals surface area (Å²) < 4.78 is 11.1. The molecule has 0 spiro atoms. The van der Waals surface area contributed by atoms with E-state index in [9.17, 15) is 4.79 Å². The topological polar surface area (TPSA) is 38.8 Å². The van der Waals surface area contributed by atoms with Crippen LogP contribution in [0, 0.1) is 5.41 Å².